The number of carbonyl (C=O) groups excluding carboxylic acids is 2. The zero-order chi connectivity index (χ0) is 17.2. The van der Waals surface area contributed by atoms with Gasteiger partial charge in [0.15, 0.2) is 0 Å². The summed E-state index contributed by atoms with van der Waals surface area (Å²) < 4.78 is 10.4. The van der Waals surface area contributed by atoms with Gasteiger partial charge in [-0.2, -0.15) is 5.10 Å². The van der Waals surface area contributed by atoms with Crippen LogP contribution in [0.1, 0.15) is 11.3 Å². The maximum atomic E-state index is 11.6. The Hall–Kier alpha value is -3.35. The van der Waals surface area contributed by atoms with Gasteiger partial charge in [-0.15, -0.1) is 0 Å². The van der Waals surface area contributed by atoms with Gasteiger partial charge >= 0.3 is 11.8 Å². The van der Waals surface area contributed by atoms with Crippen molar-refractivity contribution in [1.29, 1.82) is 0 Å². The molecule has 0 atom stereocenters. The van der Waals surface area contributed by atoms with Crippen LogP contribution < -0.4 is 15.5 Å². The zero-order valence-electron chi connectivity index (χ0n) is 12.9. The van der Waals surface area contributed by atoms with Crippen molar-refractivity contribution >= 4 is 18.0 Å². The fraction of sp³-hybridized carbons (Fsp3) is 0.118. The number of hydrogen-bond donors (Lipinski definition) is 2. The van der Waals surface area contributed by atoms with Gasteiger partial charge in [0.05, 0.1) is 19.0 Å². The molecule has 7 heteroatoms. The molecule has 0 fully saturated rings. The molecule has 7 nitrogen and oxygen atoms in total. The largest absolute Gasteiger partial charge is 0.490 e. The number of amides is 2. The molecule has 0 radical (unpaired) electrons. The van der Waals surface area contributed by atoms with Crippen molar-refractivity contribution < 1.29 is 18.7 Å². The molecule has 2 rings (SSSR count). The van der Waals surface area contributed by atoms with E-state index in [2.05, 4.69) is 22.4 Å². The van der Waals surface area contributed by atoms with Crippen molar-refractivity contribution in [2.75, 3.05) is 6.61 Å². The molecule has 0 bridgehead atoms. The SMILES string of the molecule is C=CCOc1cccc(/C=N\NC(=O)C(=O)NCc2ccco2)c1. The number of ether oxygens (including phenoxy) is 1. The first-order valence-corrected chi connectivity index (χ1v) is 7.16. The Labute approximate surface area is 139 Å². The molecule has 1 heterocycles. The number of hydrazone groups is 1. The van der Waals surface area contributed by atoms with E-state index in [4.69, 9.17) is 9.15 Å². The summed E-state index contributed by atoms with van der Waals surface area (Å²) in [6, 6.07) is 10.5. The molecule has 2 N–H and O–H groups in total. The van der Waals surface area contributed by atoms with Gasteiger partial charge in [-0.25, -0.2) is 5.43 Å². The summed E-state index contributed by atoms with van der Waals surface area (Å²) in [5.74, 6) is -0.458. The highest BCUT2D eigenvalue weighted by atomic mass is 16.5. The van der Waals surface area contributed by atoms with E-state index in [9.17, 15) is 9.59 Å². The van der Waals surface area contributed by atoms with Gasteiger partial charge in [-0.3, -0.25) is 9.59 Å². The van der Waals surface area contributed by atoms with Crippen molar-refractivity contribution in [3.63, 3.8) is 0 Å². The fourth-order valence-electron chi connectivity index (χ4n) is 1.72. The first-order valence-electron chi connectivity index (χ1n) is 7.16. The van der Waals surface area contributed by atoms with Crippen molar-refractivity contribution in [1.82, 2.24) is 10.7 Å². The minimum atomic E-state index is -0.864. The van der Waals surface area contributed by atoms with Crippen molar-refractivity contribution in [2.24, 2.45) is 5.10 Å². The average Bonchev–Trinajstić information content (AvgIpc) is 3.11. The molecule has 0 saturated carbocycles. The van der Waals surface area contributed by atoms with Gasteiger partial charge in [0.2, 0.25) is 0 Å². The lowest BCUT2D eigenvalue weighted by Crippen LogP contribution is -2.37. The summed E-state index contributed by atoms with van der Waals surface area (Å²) in [4.78, 5) is 23.2. The summed E-state index contributed by atoms with van der Waals surface area (Å²) in [5.41, 5.74) is 2.87. The summed E-state index contributed by atoms with van der Waals surface area (Å²) in [5, 5.41) is 6.16. The maximum absolute atomic E-state index is 11.6. The molecule has 124 valence electrons. The van der Waals surface area contributed by atoms with Crippen LogP contribution in [-0.2, 0) is 16.1 Å². The number of nitrogens with one attached hydrogen (secondary N) is 2. The molecule has 0 aliphatic heterocycles. The highest BCUT2D eigenvalue weighted by Crippen LogP contribution is 2.11. The van der Waals surface area contributed by atoms with Crippen molar-refractivity contribution in [2.45, 2.75) is 6.54 Å². The third-order valence-electron chi connectivity index (χ3n) is 2.82. The van der Waals surface area contributed by atoms with Gasteiger partial charge in [-0.05, 0) is 29.8 Å². The third-order valence-corrected chi connectivity index (χ3v) is 2.82. The number of benzene rings is 1. The second-order valence-corrected chi connectivity index (χ2v) is 4.63. The molecular formula is C17H17N3O4. The van der Waals surface area contributed by atoms with E-state index >= 15 is 0 Å². The van der Waals surface area contributed by atoms with E-state index in [-0.39, 0.29) is 6.54 Å². The summed E-state index contributed by atoms with van der Waals surface area (Å²) in [6.07, 6.45) is 4.54. The van der Waals surface area contributed by atoms with Gasteiger partial charge in [0, 0.05) is 0 Å². The van der Waals surface area contributed by atoms with Crippen molar-refractivity contribution in [3.05, 3.63) is 66.6 Å². The van der Waals surface area contributed by atoms with E-state index < -0.39 is 11.8 Å². The van der Waals surface area contributed by atoms with Crippen LogP contribution in [0.3, 0.4) is 0 Å². The lowest BCUT2D eigenvalue weighted by molar-refractivity contribution is -0.139. The monoisotopic (exact) mass is 327 g/mol. The first-order chi connectivity index (χ1) is 11.7. The van der Waals surface area contributed by atoms with Gasteiger partial charge in [0.25, 0.3) is 0 Å². The van der Waals surface area contributed by atoms with Gasteiger partial charge in [0.1, 0.15) is 18.1 Å². The zero-order valence-corrected chi connectivity index (χ0v) is 12.9. The minimum absolute atomic E-state index is 0.131. The molecule has 0 saturated heterocycles. The average molecular weight is 327 g/mol. The quantitative estimate of drug-likeness (QED) is 0.350. The molecule has 2 amide bonds. The summed E-state index contributed by atoms with van der Waals surface area (Å²) >= 11 is 0. The lowest BCUT2D eigenvalue weighted by atomic mass is 10.2. The predicted molar refractivity (Wildman–Crippen MR) is 88.4 cm³/mol. The molecule has 0 unspecified atom stereocenters. The molecule has 0 spiro atoms. The van der Waals surface area contributed by atoms with Gasteiger partial charge in [-0.1, -0.05) is 24.8 Å². The Bertz CT molecular complexity index is 723. The number of furan rings is 1. The second kappa shape index (κ2) is 8.94. The van der Waals surface area contributed by atoms with E-state index in [0.717, 1.165) is 0 Å². The Morgan fingerprint density at radius 2 is 2.12 bits per heavy atom. The molecule has 1 aromatic carbocycles. The third kappa shape index (κ3) is 5.45. The van der Waals surface area contributed by atoms with E-state index in [1.807, 2.05) is 0 Å². The summed E-state index contributed by atoms with van der Waals surface area (Å²) in [7, 11) is 0. The predicted octanol–water partition coefficient (Wildman–Crippen LogP) is 1.61. The van der Waals surface area contributed by atoms with Crippen LogP contribution in [-0.4, -0.2) is 24.6 Å². The van der Waals surface area contributed by atoms with Crippen LogP contribution in [0.25, 0.3) is 0 Å². The van der Waals surface area contributed by atoms with Crippen molar-refractivity contribution in [3.8, 4) is 5.75 Å². The Kier molecular flexibility index (Phi) is 6.34. The number of carbonyl (C=O) groups is 2. The maximum Gasteiger partial charge on any atom is 0.329 e. The van der Waals surface area contributed by atoms with Crippen LogP contribution in [0.4, 0.5) is 0 Å². The van der Waals surface area contributed by atoms with Crippen LogP contribution in [0, 0.1) is 0 Å². The second-order valence-electron chi connectivity index (χ2n) is 4.63. The molecular weight excluding hydrogens is 310 g/mol. The molecule has 1 aromatic heterocycles. The smallest absolute Gasteiger partial charge is 0.329 e. The highest BCUT2D eigenvalue weighted by molar-refractivity contribution is 6.35. The van der Waals surface area contributed by atoms with Crippen LogP contribution >= 0.6 is 0 Å². The number of hydrogen-bond acceptors (Lipinski definition) is 5. The molecule has 2 aromatic rings. The highest BCUT2D eigenvalue weighted by Gasteiger charge is 2.12. The Morgan fingerprint density at radius 3 is 2.88 bits per heavy atom. The number of rotatable bonds is 7. The lowest BCUT2D eigenvalue weighted by Gasteiger charge is -2.03. The molecule has 24 heavy (non-hydrogen) atoms. The van der Waals surface area contributed by atoms with E-state index in [1.54, 1.807) is 42.5 Å². The molecule has 0 aliphatic rings. The van der Waals surface area contributed by atoms with Crippen LogP contribution in [0.5, 0.6) is 5.75 Å². The van der Waals surface area contributed by atoms with E-state index in [1.165, 1.54) is 12.5 Å². The van der Waals surface area contributed by atoms with E-state index in [0.29, 0.717) is 23.7 Å². The Morgan fingerprint density at radius 1 is 1.25 bits per heavy atom. The van der Waals surface area contributed by atoms with Crippen LogP contribution in [0.2, 0.25) is 0 Å². The standard InChI is InChI=1S/C17H17N3O4/c1-2-8-23-14-6-3-5-13(10-14)11-19-20-17(22)16(21)18-12-15-7-4-9-24-15/h2-7,9-11H,1,8,12H2,(H,18,21)(H,20,22)/b19-11-. The first kappa shape index (κ1) is 17.0. The fourth-order valence-corrected chi connectivity index (χ4v) is 1.72. The van der Waals surface area contributed by atoms with Crippen LogP contribution in [0.15, 0.2) is 64.8 Å². The number of nitrogens with zero attached hydrogens (tertiary/aromatic N) is 1. The Balaban J connectivity index is 1.80. The molecule has 0 aliphatic carbocycles. The normalized spacial score (nSPS) is 10.3. The topological polar surface area (TPSA) is 92.9 Å². The van der Waals surface area contributed by atoms with Gasteiger partial charge < -0.3 is 14.5 Å². The summed E-state index contributed by atoms with van der Waals surface area (Å²) in [6.45, 7) is 4.10. The minimum Gasteiger partial charge on any atom is -0.490 e.